The molecule has 0 spiro atoms. The number of benzene rings is 3. The summed E-state index contributed by atoms with van der Waals surface area (Å²) < 4.78 is 14.4. The molecule has 0 atom stereocenters. The van der Waals surface area contributed by atoms with E-state index >= 15 is 0 Å². The number of rotatable bonds is 2. The number of halogens is 3. The van der Waals surface area contributed by atoms with Gasteiger partial charge in [0.25, 0.3) is 0 Å². The molecule has 130 valence electrons. The van der Waals surface area contributed by atoms with Crippen molar-refractivity contribution < 1.29 is 4.39 Å². The Morgan fingerprint density at radius 1 is 0.846 bits per heavy atom. The molecule has 1 heterocycles. The van der Waals surface area contributed by atoms with Crippen LogP contribution in [0, 0.1) is 12.7 Å². The number of pyridine rings is 1. The lowest BCUT2D eigenvalue weighted by atomic mass is 9.97. The number of hydrogen-bond donors (Lipinski definition) is 0. The van der Waals surface area contributed by atoms with Gasteiger partial charge >= 0.3 is 0 Å². The van der Waals surface area contributed by atoms with Crippen molar-refractivity contribution in [2.24, 2.45) is 0 Å². The Morgan fingerprint density at radius 3 is 2.31 bits per heavy atom. The van der Waals surface area contributed by atoms with Crippen molar-refractivity contribution in [3.8, 4) is 22.4 Å². The van der Waals surface area contributed by atoms with Crippen LogP contribution in [0.1, 0.15) is 5.56 Å². The zero-order valence-electron chi connectivity index (χ0n) is 14.0. The fraction of sp³-hybridized carbons (Fsp3) is 0.0455. The summed E-state index contributed by atoms with van der Waals surface area (Å²) in [5.41, 5.74) is 5.13. The van der Waals surface area contributed by atoms with Gasteiger partial charge in [-0.25, -0.2) is 9.37 Å². The second-order valence-corrected chi connectivity index (χ2v) is 6.50. The Morgan fingerprint density at radius 2 is 1.58 bits per heavy atom. The Balaban J connectivity index is 0.00000196. The molecule has 3 aromatic carbocycles. The second kappa shape index (κ2) is 7.45. The smallest absolute Gasteiger partial charge is 0.131 e. The van der Waals surface area contributed by atoms with E-state index in [-0.39, 0.29) is 18.2 Å². The van der Waals surface area contributed by atoms with E-state index in [1.807, 2.05) is 55.5 Å². The van der Waals surface area contributed by atoms with Gasteiger partial charge in [0.1, 0.15) is 5.82 Å². The summed E-state index contributed by atoms with van der Waals surface area (Å²) >= 11 is 6.17. The molecule has 0 bridgehead atoms. The van der Waals surface area contributed by atoms with Crippen molar-refractivity contribution >= 4 is 34.9 Å². The number of aryl methyl sites for hydroxylation is 1. The van der Waals surface area contributed by atoms with E-state index in [1.54, 1.807) is 18.2 Å². The van der Waals surface area contributed by atoms with Gasteiger partial charge in [-0.1, -0.05) is 59.6 Å². The van der Waals surface area contributed by atoms with Crippen molar-refractivity contribution in [1.82, 2.24) is 4.98 Å². The zero-order chi connectivity index (χ0) is 17.4. The van der Waals surface area contributed by atoms with Gasteiger partial charge in [-0.05, 0) is 42.8 Å². The summed E-state index contributed by atoms with van der Waals surface area (Å²) in [6.45, 7) is 2.05. The standard InChI is InChI=1S/C22H15ClFN.ClH/c1-14-6-8-15(9-7-14)22-13-18(17-4-2-3-5-20(17)24)19-12-16(23)10-11-21(19)25-22;/h2-13H,1H3;1H. The van der Waals surface area contributed by atoms with E-state index < -0.39 is 0 Å². The molecule has 0 saturated heterocycles. The Labute approximate surface area is 162 Å². The first-order chi connectivity index (χ1) is 12.1. The van der Waals surface area contributed by atoms with E-state index in [0.29, 0.717) is 10.6 Å². The molecule has 1 aromatic heterocycles. The number of fused-ring (bicyclic) bond motifs is 1. The maximum absolute atomic E-state index is 14.4. The lowest BCUT2D eigenvalue weighted by Gasteiger charge is -2.11. The van der Waals surface area contributed by atoms with E-state index in [9.17, 15) is 4.39 Å². The van der Waals surface area contributed by atoms with Crippen LogP contribution in [0.5, 0.6) is 0 Å². The highest BCUT2D eigenvalue weighted by molar-refractivity contribution is 6.31. The van der Waals surface area contributed by atoms with Gasteiger partial charge in [0.15, 0.2) is 0 Å². The highest BCUT2D eigenvalue weighted by Crippen LogP contribution is 2.34. The molecule has 0 aliphatic carbocycles. The first-order valence-corrected chi connectivity index (χ1v) is 8.42. The number of aromatic nitrogens is 1. The normalized spacial score (nSPS) is 10.6. The van der Waals surface area contributed by atoms with Crippen LogP contribution >= 0.6 is 24.0 Å². The van der Waals surface area contributed by atoms with Crippen molar-refractivity contribution in [2.75, 3.05) is 0 Å². The van der Waals surface area contributed by atoms with E-state index in [4.69, 9.17) is 16.6 Å². The molecule has 0 saturated carbocycles. The highest BCUT2D eigenvalue weighted by atomic mass is 35.5. The second-order valence-electron chi connectivity index (χ2n) is 6.06. The third-order valence-corrected chi connectivity index (χ3v) is 4.52. The molecule has 0 unspecified atom stereocenters. The quantitative estimate of drug-likeness (QED) is 0.359. The molecular weight excluding hydrogens is 368 g/mol. The molecule has 26 heavy (non-hydrogen) atoms. The summed E-state index contributed by atoms with van der Waals surface area (Å²) in [7, 11) is 0. The van der Waals surface area contributed by atoms with Gasteiger partial charge in [0.05, 0.1) is 11.2 Å². The third kappa shape index (κ3) is 3.44. The minimum absolute atomic E-state index is 0. The largest absolute Gasteiger partial charge is 0.248 e. The summed E-state index contributed by atoms with van der Waals surface area (Å²) in [5, 5.41) is 1.45. The first-order valence-electron chi connectivity index (χ1n) is 8.04. The van der Waals surface area contributed by atoms with Gasteiger partial charge in [-0.3, -0.25) is 0 Å². The molecule has 4 heteroatoms. The fourth-order valence-corrected chi connectivity index (χ4v) is 3.14. The average molecular weight is 384 g/mol. The maximum Gasteiger partial charge on any atom is 0.131 e. The molecule has 0 amide bonds. The van der Waals surface area contributed by atoms with E-state index in [1.165, 1.54) is 11.6 Å². The fourth-order valence-electron chi connectivity index (χ4n) is 2.97. The van der Waals surface area contributed by atoms with Crippen molar-refractivity contribution in [1.29, 1.82) is 0 Å². The highest BCUT2D eigenvalue weighted by Gasteiger charge is 2.13. The van der Waals surface area contributed by atoms with Crippen LogP contribution in [0.2, 0.25) is 5.02 Å². The molecule has 0 radical (unpaired) electrons. The summed E-state index contributed by atoms with van der Waals surface area (Å²) in [6.07, 6.45) is 0. The summed E-state index contributed by atoms with van der Waals surface area (Å²) in [5.74, 6) is -0.259. The number of nitrogens with zero attached hydrogens (tertiary/aromatic N) is 1. The van der Waals surface area contributed by atoms with Crippen LogP contribution in [0.3, 0.4) is 0 Å². The van der Waals surface area contributed by atoms with Gasteiger partial charge in [-0.15, -0.1) is 12.4 Å². The Kier molecular flexibility index (Phi) is 5.26. The van der Waals surface area contributed by atoms with Crippen molar-refractivity contribution in [2.45, 2.75) is 6.92 Å². The van der Waals surface area contributed by atoms with Gasteiger partial charge in [0, 0.05) is 21.5 Å². The van der Waals surface area contributed by atoms with Crippen molar-refractivity contribution in [3.05, 3.63) is 89.2 Å². The minimum atomic E-state index is -0.259. The SMILES string of the molecule is Cc1ccc(-c2cc(-c3ccccc3F)c3cc(Cl)ccc3n2)cc1.Cl. The van der Waals surface area contributed by atoms with Crippen LogP contribution in [0.4, 0.5) is 4.39 Å². The topological polar surface area (TPSA) is 12.9 Å². The van der Waals surface area contributed by atoms with Gasteiger partial charge in [0.2, 0.25) is 0 Å². The predicted molar refractivity (Wildman–Crippen MR) is 110 cm³/mol. The lowest BCUT2D eigenvalue weighted by Crippen LogP contribution is -1.92. The number of hydrogen-bond acceptors (Lipinski definition) is 1. The first kappa shape index (κ1) is 18.4. The molecular formula is C22H16Cl2FN. The molecule has 4 rings (SSSR count). The molecule has 0 aliphatic heterocycles. The molecule has 1 nitrogen and oxygen atoms in total. The third-order valence-electron chi connectivity index (χ3n) is 4.28. The monoisotopic (exact) mass is 383 g/mol. The van der Waals surface area contributed by atoms with Crippen LogP contribution in [-0.2, 0) is 0 Å². The molecule has 0 fully saturated rings. The van der Waals surface area contributed by atoms with Gasteiger partial charge in [-0.2, -0.15) is 0 Å². The lowest BCUT2D eigenvalue weighted by molar-refractivity contribution is 0.631. The maximum atomic E-state index is 14.4. The van der Waals surface area contributed by atoms with E-state index in [2.05, 4.69) is 0 Å². The van der Waals surface area contributed by atoms with Crippen LogP contribution in [-0.4, -0.2) is 4.98 Å². The Hall–Kier alpha value is -2.42. The van der Waals surface area contributed by atoms with Crippen LogP contribution in [0.15, 0.2) is 72.8 Å². The molecule has 0 aliphatic rings. The summed E-state index contributed by atoms with van der Waals surface area (Å²) in [6, 6.07) is 22.4. The van der Waals surface area contributed by atoms with Crippen LogP contribution in [0.25, 0.3) is 33.3 Å². The molecule has 4 aromatic rings. The van der Waals surface area contributed by atoms with E-state index in [0.717, 1.165) is 27.7 Å². The minimum Gasteiger partial charge on any atom is -0.248 e. The zero-order valence-corrected chi connectivity index (χ0v) is 15.6. The predicted octanol–water partition coefficient (Wildman–Crippen LogP) is 7.09. The van der Waals surface area contributed by atoms with Crippen LogP contribution < -0.4 is 0 Å². The summed E-state index contributed by atoms with van der Waals surface area (Å²) in [4.78, 5) is 4.75. The average Bonchev–Trinajstić information content (AvgIpc) is 2.62. The van der Waals surface area contributed by atoms with Gasteiger partial charge < -0.3 is 0 Å². The molecule has 0 N–H and O–H groups in total. The Bertz CT molecular complexity index is 1080. The van der Waals surface area contributed by atoms with Crippen molar-refractivity contribution in [3.63, 3.8) is 0 Å².